The van der Waals surface area contributed by atoms with E-state index < -0.39 is 7.26 Å². The first-order valence-electron chi connectivity index (χ1n) is 14.5. The number of unbranched alkanes of at least 4 members (excludes halogenated alkanes) is 16. The fourth-order valence-corrected chi connectivity index (χ4v) is 9.79. The molecule has 0 heterocycles. The molecule has 0 spiro atoms. The molecule has 0 unspecified atom stereocenters. The summed E-state index contributed by atoms with van der Waals surface area (Å²) in [6, 6.07) is 0. The minimum Gasteiger partial charge on any atom is -0.857 e. The third kappa shape index (κ3) is 23.3. The molecule has 0 aliphatic heterocycles. The fourth-order valence-electron chi connectivity index (χ4n) is 4.87. The second-order valence-electron chi connectivity index (χ2n) is 9.89. The molecule has 0 aromatic rings. The van der Waals surface area contributed by atoms with Crippen LogP contribution in [0.3, 0.4) is 0 Å². The van der Waals surface area contributed by atoms with Crippen LogP contribution in [0.4, 0.5) is 0 Å². The number of hydrogen-bond donors (Lipinski definition) is 0. The van der Waals surface area contributed by atoms with Gasteiger partial charge in [0.15, 0.2) is 0 Å². The van der Waals surface area contributed by atoms with E-state index >= 15 is 0 Å². The van der Waals surface area contributed by atoms with Crippen molar-refractivity contribution in [2.75, 3.05) is 31.8 Å². The SMILES string of the molecule is CCCCCCC[P+](CCCCCCC)(CCCCCCC)CCCCCCC.C[O-]. The summed E-state index contributed by atoms with van der Waals surface area (Å²) < 4.78 is 0. The first-order chi connectivity index (χ1) is 15.2. The van der Waals surface area contributed by atoms with Gasteiger partial charge in [-0.15, -0.1) is 0 Å². The molecule has 0 atom stereocenters. The summed E-state index contributed by atoms with van der Waals surface area (Å²) >= 11 is 0. The van der Waals surface area contributed by atoms with Gasteiger partial charge in [-0.25, -0.2) is 0 Å². The predicted molar refractivity (Wildman–Crippen MR) is 147 cm³/mol. The van der Waals surface area contributed by atoms with Gasteiger partial charge in [-0.05, 0) is 51.4 Å². The average Bonchev–Trinajstić information content (AvgIpc) is 2.80. The molecule has 0 rings (SSSR count). The van der Waals surface area contributed by atoms with Crippen LogP contribution < -0.4 is 5.11 Å². The van der Waals surface area contributed by atoms with Crippen molar-refractivity contribution in [3.05, 3.63) is 0 Å². The second kappa shape index (κ2) is 28.4. The number of hydrogen-bond acceptors (Lipinski definition) is 1. The van der Waals surface area contributed by atoms with Gasteiger partial charge in [-0.1, -0.05) is 105 Å². The van der Waals surface area contributed by atoms with Gasteiger partial charge in [0.05, 0.1) is 24.6 Å². The Hall–Kier alpha value is 0.390. The molecule has 0 radical (unpaired) electrons. The van der Waals surface area contributed by atoms with E-state index in [1.165, 1.54) is 103 Å². The van der Waals surface area contributed by atoms with Gasteiger partial charge in [-0.2, -0.15) is 7.11 Å². The second-order valence-corrected chi connectivity index (χ2v) is 14.4. The molecule has 0 amide bonds. The molecular formula is C29H63OP. The third-order valence-corrected chi connectivity index (χ3v) is 12.0. The largest absolute Gasteiger partial charge is 0.857 e. The van der Waals surface area contributed by atoms with Crippen molar-refractivity contribution in [3.63, 3.8) is 0 Å². The average molecular weight is 459 g/mol. The van der Waals surface area contributed by atoms with E-state index in [2.05, 4.69) is 27.7 Å². The molecule has 1 nitrogen and oxygen atoms in total. The van der Waals surface area contributed by atoms with Crippen molar-refractivity contribution >= 4 is 7.26 Å². The molecule has 0 bridgehead atoms. The highest BCUT2D eigenvalue weighted by Crippen LogP contribution is 2.61. The summed E-state index contributed by atoms with van der Waals surface area (Å²) in [7, 11) is 0.0592. The van der Waals surface area contributed by atoms with Crippen molar-refractivity contribution in [3.8, 4) is 0 Å². The van der Waals surface area contributed by atoms with Crippen molar-refractivity contribution < 1.29 is 5.11 Å². The standard InChI is InChI=1S/C28H60P.CH3O/c1-5-9-13-17-21-25-29(26-22-18-14-10-6-2,27-23-19-15-11-7-3)28-24-20-16-12-8-4;1-2/h5-28H2,1-4H3;1H3/q+1;-1. The van der Waals surface area contributed by atoms with Gasteiger partial charge < -0.3 is 5.11 Å². The van der Waals surface area contributed by atoms with Crippen molar-refractivity contribution in [1.82, 2.24) is 0 Å². The molecule has 0 aromatic carbocycles. The normalized spacial score (nSPS) is 11.4. The minimum absolute atomic E-state index is 0.691. The van der Waals surface area contributed by atoms with Crippen molar-refractivity contribution in [1.29, 1.82) is 0 Å². The quantitative estimate of drug-likeness (QED) is 0.104. The zero-order chi connectivity index (χ0) is 23.5. The van der Waals surface area contributed by atoms with Gasteiger partial charge in [0, 0.05) is 7.26 Å². The van der Waals surface area contributed by atoms with Gasteiger partial charge in [0.25, 0.3) is 0 Å². The van der Waals surface area contributed by atoms with Gasteiger partial charge in [0.1, 0.15) is 0 Å². The van der Waals surface area contributed by atoms with E-state index in [0.717, 1.165) is 7.11 Å². The zero-order valence-corrected chi connectivity index (χ0v) is 23.7. The molecule has 0 fully saturated rings. The first-order valence-corrected chi connectivity index (χ1v) is 17.0. The molecule has 0 saturated carbocycles. The van der Waals surface area contributed by atoms with E-state index in [4.69, 9.17) is 5.11 Å². The van der Waals surface area contributed by atoms with Crippen LogP contribution in [0.2, 0.25) is 0 Å². The number of rotatable bonds is 24. The zero-order valence-electron chi connectivity index (χ0n) is 22.8. The van der Waals surface area contributed by atoms with Gasteiger partial charge in [0.2, 0.25) is 0 Å². The topological polar surface area (TPSA) is 23.1 Å². The minimum atomic E-state index is -0.691. The maximum atomic E-state index is 8.25. The van der Waals surface area contributed by atoms with E-state index in [1.54, 1.807) is 50.3 Å². The molecule has 2 heteroatoms. The fraction of sp³-hybridized carbons (Fsp3) is 1.00. The molecule has 0 aliphatic carbocycles. The van der Waals surface area contributed by atoms with E-state index in [1.807, 2.05) is 0 Å². The lowest BCUT2D eigenvalue weighted by Gasteiger charge is -2.28. The summed E-state index contributed by atoms with van der Waals surface area (Å²) in [5, 5.41) is 8.25. The van der Waals surface area contributed by atoms with Crippen LogP contribution >= 0.6 is 7.26 Å². The van der Waals surface area contributed by atoms with E-state index in [9.17, 15) is 0 Å². The van der Waals surface area contributed by atoms with Crippen LogP contribution in [0, 0.1) is 0 Å². The highest BCUT2D eigenvalue weighted by Gasteiger charge is 2.34. The Bertz CT molecular complexity index is 244. The Balaban J connectivity index is 0. The lowest BCUT2D eigenvalue weighted by atomic mass is 10.2. The Morgan fingerprint density at radius 3 is 0.710 bits per heavy atom. The molecule has 0 aliphatic rings. The Labute approximate surface area is 200 Å². The van der Waals surface area contributed by atoms with Crippen LogP contribution in [-0.2, 0) is 0 Å². The van der Waals surface area contributed by atoms with Crippen LogP contribution in [0.1, 0.15) is 156 Å². The molecular weight excluding hydrogens is 395 g/mol. The Morgan fingerprint density at radius 1 is 0.323 bits per heavy atom. The molecule has 0 saturated heterocycles. The van der Waals surface area contributed by atoms with Crippen LogP contribution in [-0.4, -0.2) is 31.8 Å². The highest BCUT2D eigenvalue weighted by molar-refractivity contribution is 7.75. The highest BCUT2D eigenvalue weighted by atomic mass is 31.2. The summed E-state index contributed by atoms with van der Waals surface area (Å²) in [6.45, 7) is 9.39. The Kier molecular flexibility index (Phi) is 30.8. The van der Waals surface area contributed by atoms with E-state index in [0.29, 0.717) is 0 Å². The molecule has 0 N–H and O–H groups in total. The van der Waals surface area contributed by atoms with Crippen LogP contribution in [0.25, 0.3) is 0 Å². The van der Waals surface area contributed by atoms with Crippen molar-refractivity contribution in [2.24, 2.45) is 0 Å². The maximum absolute atomic E-state index is 8.25. The maximum Gasteiger partial charge on any atom is 0.0594 e. The first kappa shape index (κ1) is 33.6. The monoisotopic (exact) mass is 458 g/mol. The predicted octanol–water partition coefficient (Wildman–Crippen LogP) is 9.86. The third-order valence-electron chi connectivity index (χ3n) is 6.94. The van der Waals surface area contributed by atoms with Gasteiger partial charge in [-0.3, -0.25) is 0 Å². The lowest BCUT2D eigenvalue weighted by Crippen LogP contribution is -2.13. The smallest absolute Gasteiger partial charge is 0.0594 e. The van der Waals surface area contributed by atoms with Crippen molar-refractivity contribution in [2.45, 2.75) is 156 Å². The summed E-state index contributed by atoms with van der Waals surface area (Å²) in [5.74, 6) is 0. The van der Waals surface area contributed by atoms with Crippen LogP contribution in [0.5, 0.6) is 0 Å². The molecule has 190 valence electrons. The molecule has 31 heavy (non-hydrogen) atoms. The van der Waals surface area contributed by atoms with Gasteiger partial charge >= 0.3 is 0 Å². The van der Waals surface area contributed by atoms with E-state index in [-0.39, 0.29) is 0 Å². The summed E-state index contributed by atoms with van der Waals surface area (Å²) in [4.78, 5) is 0. The summed E-state index contributed by atoms with van der Waals surface area (Å²) in [6.07, 6.45) is 36.1. The van der Waals surface area contributed by atoms with Crippen LogP contribution in [0.15, 0.2) is 0 Å². The Morgan fingerprint density at radius 2 is 0.516 bits per heavy atom. The molecule has 0 aromatic heterocycles. The lowest BCUT2D eigenvalue weighted by molar-refractivity contribution is -0.325. The summed E-state index contributed by atoms with van der Waals surface area (Å²) in [5.41, 5.74) is 0.